The van der Waals surface area contributed by atoms with Gasteiger partial charge in [0.15, 0.2) is 5.17 Å². The number of aryl methyl sites for hydroxylation is 3. The molecule has 3 heterocycles. The summed E-state index contributed by atoms with van der Waals surface area (Å²) in [6.07, 6.45) is 6.15. The highest BCUT2D eigenvalue weighted by atomic mass is 32.2. The summed E-state index contributed by atoms with van der Waals surface area (Å²) in [6.45, 7) is 3.02. The van der Waals surface area contributed by atoms with Crippen LogP contribution >= 0.6 is 11.8 Å². The van der Waals surface area contributed by atoms with Crippen molar-refractivity contribution >= 4 is 28.3 Å². The van der Waals surface area contributed by atoms with Gasteiger partial charge in [-0.25, -0.2) is 4.98 Å². The lowest BCUT2D eigenvalue weighted by Gasteiger charge is -2.06. The number of pyridine rings is 1. The first-order chi connectivity index (χ1) is 11.8. The third-order valence-corrected chi connectivity index (χ3v) is 5.02. The molecule has 0 fully saturated rings. The van der Waals surface area contributed by atoms with Gasteiger partial charge in [-0.3, -0.25) is 4.99 Å². The Morgan fingerprint density at radius 2 is 2.04 bits per heavy atom. The summed E-state index contributed by atoms with van der Waals surface area (Å²) in [5.74, 6) is 1.08. The number of amidine groups is 1. The fourth-order valence-corrected chi connectivity index (χ4v) is 3.57. The number of anilines is 1. The number of imidazole rings is 1. The van der Waals surface area contributed by atoms with Gasteiger partial charge >= 0.3 is 0 Å². The van der Waals surface area contributed by atoms with Gasteiger partial charge in [-0.15, -0.1) is 0 Å². The maximum atomic E-state index is 4.71. The molecule has 3 aromatic rings. The Morgan fingerprint density at radius 1 is 1.17 bits per heavy atom. The van der Waals surface area contributed by atoms with Gasteiger partial charge in [0.1, 0.15) is 5.65 Å². The van der Waals surface area contributed by atoms with E-state index in [4.69, 9.17) is 4.98 Å². The lowest BCUT2D eigenvalue weighted by Crippen LogP contribution is -2.04. The summed E-state index contributed by atoms with van der Waals surface area (Å²) in [5.41, 5.74) is 5.84. The van der Waals surface area contributed by atoms with Gasteiger partial charge in [0.2, 0.25) is 0 Å². The summed E-state index contributed by atoms with van der Waals surface area (Å²) in [4.78, 5) is 9.12. The van der Waals surface area contributed by atoms with Crippen molar-refractivity contribution in [2.24, 2.45) is 4.99 Å². The number of thioether (sulfide) groups is 1. The SMILES string of the molecule is Cc1ccn2cc(CCc3ccc(NC4=NCCS4)cc3)nc2c1. The van der Waals surface area contributed by atoms with Crippen LogP contribution in [0.4, 0.5) is 5.69 Å². The molecule has 5 heteroatoms. The zero-order valence-electron chi connectivity index (χ0n) is 13.7. The Labute approximate surface area is 146 Å². The number of aliphatic imine (C=N–C) groups is 1. The molecule has 0 unspecified atom stereocenters. The minimum Gasteiger partial charge on any atom is -0.335 e. The van der Waals surface area contributed by atoms with E-state index in [0.29, 0.717) is 0 Å². The Bertz CT molecular complexity index is 880. The first-order valence-electron chi connectivity index (χ1n) is 8.24. The molecule has 4 nitrogen and oxygen atoms in total. The first-order valence-corrected chi connectivity index (χ1v) is 9.22. The van der Waals surface area contributed by atoms with Crippen LogP contribution in [0.25, 0.3) is 5.65 Å². The minimum absolute atomic E-state index is 0.920. The van der Waals surface area contributed by atoms with Crippen LogP contribution in [0.1, 0.15) is 16.8 Å². The predicted octanol–water partition coefficient (Wildman–Crippen LogP) is 3.94. The summed E-state index contributed by atoms with van der Waals surface area (Å²) in [7, 11) is 0. The van der Waals surface area contributed by atoms with Crippen LogP contribution in [0.2, 0.25) is 0 Å². The molecule has 0 spiro atoms. The van der Waals surface area contributed by atoms with Crippen molar-refractivity contribution in [3.05, 3.63) is 65.6 Å². The normalized spacial score (nSPS) is 14.1. The van der Waals surface area contributed by atoms with Gasteiger partial charge in [0.25, 0.3) is 0 Å². The van der Waals surface area contributed by atoms with Gasteiger partial charge in [-0.1, -0.05) is 23.9 Å². The van der Waals surface area contributed by atoms with Crippen molar-refractivity contribution in [1.29, 1.82) is 0 Å². The highest BCUT2D eigenvalue weighted by Gasteiger charge is 2.07. The van der Waals surface area contributed by atoms with Crippen LogP contribution < -0.4 is 5.32 Å². The van der Waals surface area contributed by atoms with E-state index in [0.717, 1.165) is 47.3 Å². The highest BCUT2D eigenvalue weighted by molar-refractivity contribution is 8.14. The van der Waals surface area contributed by atoms with E-state index in [1.165, 1.54) is 11.1 Å². The van der Waals surface area contributed by atoms with Crippen molar-refractivity contribution in [3.8, 4) is 0 Å². The zero-order chi connectivity index (χ0) is 16.4. The number of fused-ring (bicyclic) bond motifs is 1. The monoisotopic (exact) mass is 336 g/mol. The first kappa shape index (κ1) is 15.3. The number of nitrogens with zero attached hydrogens (tertiary/aromatic N) is 3. The topological polar surface area (TPSA) is 41.7 Å². The maximum Gasteiger partial charge on any atom is 0.161 e. The predicted molar refractivity (Wildman–Crippen MR) is 102 cm³/mol. The van der Waals surface area contributed by atoms with E-state index in [-0.39, 0.29) is 0 Å². The lowest BCUT2D eigenvalue weighted by molar-refractivity contribution is 0.927. The van der Waals surface area contributed by atoms with Gasteiger partial charge in [0, 0.05) is 23.8 Å². The van der Waals surface area contributed by atoms with E-state index in [2.05, 4.69) is 70.4 Å². The van der Waals surface area contributed by atoms with Crippen LogP contribution in [0, 0.1) is 6.92 Å². The molecule has 24 heavy (non-hydrogen) atoms. The van der Waals surface area contributed by atoms with E-state index < -0.39 is 0 Å². The number of aromatic nitrogens is 2. The zero-order valence-corrected chi connectivity index (χ0v) is 14.5. The fraction of sp³-hybridized carbons (Fsp3) is 0.263. The molecule has 122 valence electrons. The molecule has 1 aliphatic rings. The van der Waals surface area contributed by atoms with E-state index in [1.807, 2.05) is 0 Å². The average Bonchev–Trinajstić information content (AvgIpc) is 3.23. The van der Waals surface area contributed by atoms with Crippen LogP contribution in [0.5, 0.6) is 0 Å². The number of nitrogens with one attached hydrogen (secondary N) is 1. The van der Waals surface area contributed by atoms with Crippen LogP contribution in [-0.2, 0) is 12.8 Å². The number of benzene rings is 1. The van der Waals surface area contributed by atoms with Gasteiger partial charge in [-0.2, -0.15) is 0 Å². The molecule has 4 rings (SSSR count). The minimum atomic E-state index is 0.920. The van der Waals surface area contributed by atoms with Crippen molar-refractivity contribution < 1.29 is 0 Å². The van der Waals surface area contributed by atoms with Crippen LogP contribution in [0.3, 0.4) is 0 Å². The standard InChI is InChI=1S/C19H20N4S/c1-14-8-10-23-13-17(21-18(23)12-14)7-4-15-2-5-16(6-3-15)22-19-20-9-11-24-19/h2-3,5-6,8,10,12-13H,4,7,9,11H2,1H3,(H,20,22). The summed E-state index contributed by atoms with van der Waals surface area (Å²) in [6, 6.07) is 12.9. The fourth-order valence-electron chi connectivity index (χ4n) is 2.82. The third-order valence-electron chi connectivity index (χ3n) is 4.13. The van der Waals surface area contributed by atoms with Crippen molar-refractivity contribution in [3.63, 3.8) is 0 Å². The number of hydrogen-bond donors (Lipinski definition) is 1. The number of rotatable bonds is 4. The van der Waals surface area contributed by atoms with Crippen molar-refractivity contribution in [1.82, 2.24) is 9.38 Å². The van der Waals surface area contributed by atoms with Gasteiger partial charge < -0.3 is 9.72 Å². The molecule has 0 atom stereocenters. The van der Waals surface area contributed by atoms with Crippen LogP contribution in [-0.4, -0.2) is 26.8 Å². The highest BCUT2D eigenvalue weighted by Crippen LogP contribution is 2.17. The molecule has 0 radical (unpaired) electrons. The Kier molecular flexibility index (Phi) is 4.26. The molecule has 0 saturated carbocycles. The molecule has 0 bridgehead atoms. The average molecular weight is 336 g/mol. The molecule has 0 amide bonds. The second kappa shape index (κ2) is 6.69. The molecule has 2 aromatic heterocycles. The Hall–Kier alpha value is -2.27. The Balaban J connectivity index is 1.39. The summed E-state index contributed by atoms with van der Waals surface area (Å²) in [5, 5.41) is 4.39. The second-order valence-corrected chi connectivity index (χ2v) is 7.14. The van der Waals surface area contributed by atoms with Gasteiger partial charge in [0.05, 0.1) is 12.2 Å². The molecule has 1 aromatic carbocycles. The molecule has 0 aliphatic carbocycles. The molecular formula is C19H20N4S. The molecule has 1 aliphatic heterocycles. The van der Waals surface area contributed by atoms with Crippen LogP contribution in [0.15, 0.2) is 53.8 Å². The van der Waals surface area contributed by atoms with Crippen molar-refractivity contribution in [2.75, 3.05) is 17.6 Å². The van der Waals surface area contributed by atoms with E-state index in [1.54, 1.807) is 11.8 Å². The largest absolute Gasteiger partial charge is 0.335 e. The maximum absolute atomic E-state index is 4.71. The number of hydrogen-bond acceptors (Lipinski definition) is 4. The summed E-state index contributed by atoms with van der Waals surface area (Å²) < 4.78 is 2.09. The Morgan fingerprint density at radius 3 is 2.83 bits per heavy atom. The van der Waals surface area contributed by atoms with E-state index >= 15 is 0 Å². The van der Waals surface area contributed by atoms with E-state index in [9.17, 15) is 0 Å². The van der Waals surface area contributed by atoms with Gasteiger partial charge in [-0.05, 0) is 55.2 Å². The molecule has 1 N–H and O–H groups in total. The smallest absolute Gasteiger partial charge is 0.161 e. The summed E-state index contributed by atoms with van der Waals surface area (Å²) >= 11 is 1.78. The van der Waals surface area contributed by atoms with Crippen molar-refractivity contribution in [2.45, 2.75) is 19.8 Å². The quantitative estimate of drug-likeness (QED) is 0.784. The lowest BCUT2D eigenvalue weighted by atomic mass is 10.1. The molecule has 0 saturated heterocycles. The molecular weight excluding hydrogens is 316 g/mol. The third kappa shape index (κ3) is 3.46. The second-order valence-electron chi connectivity index (χ2n) is 6.06.